The molecule has 1 aliphatic heterocycles. The Morgan fingerprint density at radius 2 is 2.57 bits per heavy atom. The van der Waals surface area contributed by atoms with Crippen LogP contribution in [0.1, 0.15) is 0 Å². The predicted molar refractivity (Wildman–Crippen MR) is 29.4 cm³/mol. The van der Waals surface area contributed by atoms with Gasteiger partial charge in [-0.15, -0.1) is 0 Å². The second-order valence-electron chi connectivity index (χ2n) is 1.16. The molecule has 1 heterocycles. The molecule has 7 heavy (non-hydrogen) atoms. The lowest BCUT2D eigenvalue weighted by atomic mass is 10.5. The lowest BCUT2D eigenvalue weighted by Crippen LogP contribution is -2.09. The summed E-state index contributed by atoms with van der Waals surface area (Å²) >= 11 is 2.94. The maximum atomic E-state index is 10.3. The fourth-order valence-electron chi connectivity index (χ4n) is 0.316. The summed E-state index contributed by atoms with van der Waals surface area (Å²) in [5.74, 6) is 0.0139. The third-order valence-corrected chi connectivity index (χ3v) is 1.27. The van der Waals surface area contributed by atoms with Gasteiger partial charge in [-0.05, 0) is 15.9 Å². The third kappa shape index (κ3) is 0.796. The number of hydrogen-bond donors (Lipinski definition) is 1. The fourth-order valence-corrected chi connectivity index (χ4v) is 0.582. The summed E-state index contributed by atoms with van der Waals surface area (Å²) < 4.78 is 0.396. The molecular formula is C3H3BrN2O. The van der Waals surface area contributed by atoms with E-state index in [0.717, 1.165) is 0 Å². The zero-order chi connectivity index (χ0) is 5.28. The van der Waals surface area contributed by atoms with Gasteiger partial charge < -0.3 is 5.43 Å². The van der Waals surface area contributed by atoms with E-state index in [2.05, 4.69) is 26.5 Å². The van der Waals surface area contributed by atoms with Crippen LogP contribution in [0, 0.1) is 0 Å². The summed E-state index contributed by atoms with van der Waals surface area (Å²) in [6.07, 6.45) is 0. The van der Waals surface area contributed by atoms with Crippen molar-refractivity contribution in [3.05, 3.63) is 0 Å². The molecule has 1 aliphatic rings. The van der Waals surface area contributed by atoms with E-state index in [1.807, 2.05) is 0 Å². The lowest BCUT2D eigenvalue weighted by molar-refractivity contribution is -0.111. The Hall–Kier alpha value is -0.380. The van der Waals surface area contributed by atoms with E-state index in [1.165, 1.54) is 0 Å². The number of carbonyl (C=O) groups excluding carboxylic acids is 1. The van der Waals surface area contributed by atoms with E-state index in [-0.39, 0.29) is 5.78 Å². The SMILES string of the molecule is O=C1CNN=C1Br. The van der Waals surface area contributed by atoms with Crippen molar-refractivity contribution in [2.45, 2.75) is 0 Å². The number of rotatable bonds is 0. The molecule has 0 bridgehead atoms. The van der Waals surface area contributed by atoms with Gasteiger partial charge in [-0.25, -0.2) is 0 Å². The molecule has 0 aromatic heterocycles. The van der Waals surface area contributed by atoms with Crippen molar-refractivity contribution < 1.29 is 4.79 Å². The van der Waals surface area contributed by atoms with Gasteiger partial charge in [0.2, 0.25) is 5.78 Å². The van der Waals surface area contributed by atoms with E-state index in [1.54, 1.807) is 0 Å². The highest BCUT2D eigenvalue weighted by molar-refractivity contribution is 9.19. The zero-order valence-electron chi connectivity index (χ0n) is 3.44. The molecule has 0 aromatic carbocycles. The molecule has 4 heteroatoms. The van der Waals surface area contributed by atoms with Crippen molar-refractivity contribution in [2.24, 2.45) is 5.10 Å². The van der Waals surface area contributed by atoms with Crippen LogP contribution < -0.4 is 5.43 Å². The average Bonchev–Trinajstić information content (AvgIpc) is 1.91. The number of nitrogens with zero attached hydrogens (tertiary/aromatic N) is 1. The molecule has 1 rings (SSSR count). The number of hydrogen-bond acceptors (Lipinski definition) is 3. The van der Waals surface area contributed by atoms with Gasteiger partial charge in [0.05, 0.1) is 6.54 Å². The Bertz CT molecular complexity index is 131. The van der Waals surface area contributed by atoms with Gasteiger partial charge in [0, 0.05) is 0 Å². The molecule has 0 aromatic rings. The van der Waals surface area contributed by atoms with Gasteiger partial charge in [0.15, 0.2) is 4.62 Å². The Balaban J connectivity index is 2.72. The number of Topliss-reactive ketones (excluding diaryl/α,β-unsaturated/α-hetero) is 1. The van der Waals surface area contributed by atoms with Crippen molar-refractivity contribution >= 4 is 26.3 Å². The molecule has 0 amide bonds. The van der Waals surface area contributed by atoms with E-state index in [0.29, 0.717) is 11.2 Å². The van der Waals surface area contributed by atoms with Gasteiger partial charge in [-0.3, -0.25) is 4.79 Å². The smallest absolute Gasteiger partial charge is 0.210 e. The van der Waals surface area contributed by atoms with Crippen molar-refractivity contribution in [3.8, 4) is 0 Å². The first-order chi connectivity index (χ1) is 3.30. The van der Waals surface area contributed by atoms with Gasteiger partial charge in [-0.2, -0.15) is 5.10 Å². The minimum Gasteiger partial charge on any atom is -0.301 e. The molecule has 3 nitrogen and oxygen atoms in total. The molecule has 0 saturated heterocycles. The largest absolute Gasteiger partial charge is 0.301 e. The van der Waals surface area contributed by atoms with Crippen molar-refractivity contribution in [1.82, 2.24) is 5.43 Å². The monoisotopic (exact) mass is 162 g/mol. The van der Waals surface area contributed by atoms with Crippen LogP contribution in [0.25, 0.3) is 0 Å². The Morgan fingerprint density at radius 1 is 1.86 bits per heavy atom. The number of carbonyl (C=O) groups is 1. The summed E-state index contributed by atoms with van der Waals surface area (Å²) in [5, 5.41) is 3.55. The minimum atomic E-state index is 0.0139. The molecule has 0 saturated carbocycles. The van der Waals surface area contributed by atoms with Crippen LogP contribution >= 0.6 is 15.9 Å². The second kappa shape index (κ2) is 1.61. The predicted octanol–water partition coefficient (Wildman–Crippen LogP) is -0.133. The van der Waals surface area contributed by atoms with E-state index in [4.69, 9.17) is 0 Å². The molecule has 0 unspecified atom stereocenters. The van der Waals surface area contributed by atoms with Crippen LogP contribution in [-0.2, 0) is 4.79 Å². The Labute approximate surface area is 48.9 Å². The van der Waals surface area contributed by atoms with Crippen LogP contribution in [0.5, 0.6) is 0 Å². The van der Waals surface area contributed by atoms with Crippen LogP contribution in [0.3, 0.4) is 0 Å². The minimum absolute atomic E-state index is 0.0139. The first-order valence-corrected chi connectivity index (χ1v) is 2.59. The van der Waals surface area contributed by atoms with E-state index < -0.39 is 0 Å². The molecule has 0 radical (unpaired) electrons. The van der Waals surface area contributed by atoms with Gasteiger partial charge >= 0.3 is 0 Å². The lowest BCUT2D eigenvalue weighted by Gasteiger charge is -1.76. The van der Waals surface area contributed by atoms with Crippen LogP contribution in [0.4, 0.5) is 0 Å². The van der Waals surface area contributed by atoms with Crippen molar-refractivity contribution in [3.63, 3.8) is 0 Å². The maximum Gasteiger partial charge on any atom is 0.210 e. The van der Waals surface area contributed by atoms with E-state index >= 15 is 0 Å². The third-order valence-electron chi connectivity index (χ3n) is 0.647. The Morgan fingerprint density at radius 3 is 2.71 bits per heavy atom. The highest BCUT2D eigenvalue weighted by Crippen LogP contribution is 1.94. The molecule has 0 fully saturated rings. The summed E-state index contributed by atoms with van der Waals surface area (Å²) in [6, 6.07) is 0. The summed E-state index contributed by atoms with van der Waals surface area (Å²) in [5.41, 5.74) is 2.51. The van der Waals surface area contributed by atoms with Gasteiger partial charge in [0.25, 0.3) is 0 Å². The zero-order valence-corrected chi connectivity index (χ0v) is 5.03. The average molecular weight is 163 g/mol. The van der Waals surface area contributed by atoms with Gasteiger partial charge in [0.1, 0.15) is 0 Å². The highest BCUT2D eigenvalue weighted by atomic mass is 79.9. The highest BCUT2D eigenvalue weighted by Gasteiger charge is 2.11. The molecule has 0 atom stereocenters. The van der Waals surface area contributed by atoms with Crippen LogP contribution in [0.15, 0.2) is 5.10 Å². The normalized spacial score (nSPS) is 19.0. The summed E-state index contributed by atoms with van der Waals surface area (Å²) in [6.45, 7) is 0.334. The molecule has 38 valence electrons. The first kappa shape index (κ1) is 4.77. The summed E-state index contributed by atoms with van der Waals surface area (Å²) in [4.78, 5) is 10.3. The number of nitrogens with one attached hydrogen (secondary N) is 1. The quantitative estimate of drug-likeness (QED) is 0.540. The standard InChI is InChI=1S/C3H3BrN2O/c4-3-2(7)1-5-6-3/h5H,1H2. The fraction of sp³-hybridized carbons (Fsp3) is 0.333. The van der Waals surface area contributed by atoms with Gasteiger partial charge in [-0.1, -0.05) is 0 Å². The maximum absolute atomic E-state index is 10.3. The molecule has 1 N–H and O–H groups in total. The Kier molecular flexibility index (Phi) is 1.10. The summed E-state index contributed by atoms with van der Waals surface area (Å²) in [7, 11) is 0. The molecule has 0 spiro atoms. The van der Waals surface area contributed by atoms with E-state index in [9.17, 15) is 4.79 Å². The second-order valence-corrected chi connectivity index (χ2v) is 1.91. The van der Waals surface area contributed by atoms with Crippen LogP contribution in [0.2, 0.25) is 0 Å². The van der Waals surface area contributed by atoms with Crippen LogP contribution in [-0.4, -0.2) is 16.9 Å². The number of hydrazone groups is 1. The number of halogens is 1. The topological polar surface area (TPSA) is 41.5 Å². The van der Waals surface area contributed by atoms with Crippen molar-refractivity contribution in [2.75, 3.05) is 6.54 Å². The molecular weight excluding hydrogens is 160 g/mol. The molecule has 0 aliphatic carbocycles. The van der Waals surface area contributed by atoms with Crippen molar-refractivity contribution in [1.29, 1.82) is 0 Å². The first-order valence-electron chi connectivity index (χ1n) is 1.80. The number of ketones is 1.